The molecule has 2 atom stereocenters. The highest BCUT2D eigenvalue weighted by Gasteiger charge is 2.37. The Morgan fingerprint density at radius 3 is 2.39 bits per heavy atom. The fraction of sp³-hybridized carbons (Fsp3) is 0.222. The molecule has 1 amide bonds. The molecule has 10 nitrogen and oxygen atoms in total. The molecule has 11 heteroatoms. The molecule has 0 bridgehead atoms. The molecule has 4 aromatic carbocycles. The summed E-state index contributed by atoms with van der Waals surface area (Å²) in [4.78, 5) is 42.4. The lowest BCUT2D eigenvalue weighted by atomic mass is 10.0. The molecule has 282 valence electrons. The number of pyridine rings is 1. The standard InChI is InChI=1S/C45H45N9OS/c1-28(2)36-22-21-35-42(50-36)48-27-49-43(35)51-37-25-32(16-23-40(37)56-34-19-17-33(46)18-20-34)29-12-14-30(15-13-29)38-26-47-44(52-38)39-11-8-24-54(39)45(55)41(53(3)4)31-9-6-5-7-10-31/h5-7,9-10,12-23,25-28,39,41H,8,11,24,46H2,1-4H3,(H,47,52)(H,48,49,50,51)/t39-,41?/m0/s1. The molecule has 1 aliphatic rings. The van der Waals surface area contributed by atoms with Gasteiger partial charge >= 0.3 is 0 Å². The van der Waals surface area contributed by atoms with Gasteiger partial charge < -0.3 is 20.9 Å². The molecule has 0 aliphatic carbocycles. The van der Waals surface area contributed by atoms with Crippen LogP contribution in [0.2, 0.25) is 0 Å². The number of hydrogen-bond donors (Lipinski definition) is 3. The van der Waals surface area contributed by atoms with Crippen molar-refractivity contribution in [2.24, 2.45) is 0 Å². The van der Waals surface area contributed by atoms with Gasteiger partial charge in [-0.25, -0.2) is 19.9 Å². The molecule has 7 aromatic rings. The van der Waals surface area contributed by atoms with Gasteiger partial charge in [0.2, 0.25) is 5.91 Å². The highest BCUT2D eigenvalue weighted by molar-refractivity contribution is 7.99. The molecule has 8 rings (SSSR count). The van der Waals surface area contributed by atoms with Crippen LogP contribution in [0.3, 0.4) is 0 Å². The van der Waals surface area contributed by atoms with Crippen LogP contribution in [-0.4, -0.2) is 61.3 Å². The van der Waals surface area contributed by atoms with Gasteiger partial charge in [-0.2, -0.15) is 0 Å². The summed E-state index contributed by atoms with van der Waals surface area (Å²) in [6.45, 7) is 4.96. The van der Waals surface area contributed by atoms with Crippen molar-refractivity contribution in [2.75, 3.05) is 31.7 Å². The van der Waals surface area contributed by atoms with Crippen LogP contribution in [0.25, 0.3) is 33.4 Å². The Hall–Kier alpha value is -6.04. The number of aromatic nitrogens is 5. The highest BCUT2D eigenvalue weighted by Crippen LogP contribution is 2.40. The highest BCUT2D eigenvalue weighted by atomic mass is 32.2. The Bertz CT molecular complexity index is 2470. The molecule has 0 radical (unpaired) electrons. The van der Waals surface area contributed by atoms with Crippen molar-refractivity contribution in [3.05, 3.63) is 139 Å². The van der Waals surface area contributed by atoms with E-state index in [1.54, 1.807) is 18.1 Å². The van der Waals surface area contributed by atoms with E-state index >= 15 is 0 Å². The largest absolute Gasteiger partial charge is 0.399 e. The molecule has 0 saturated carbocycles. The SMILES string of the molecule is CC(C)c1ccc2c(Nc3cc(-c4ccc(-c5cnc([C@@H]6CCCN6C(=O)C(c6ccccc6)N(C)C)[nH]5)cc4)ccc3Sc3ccc(N)cc3)ncnc2n1. The van der Waals surface area contributed by atoms with Gasteiger partial charge in [-0.3, -0.25) is 9.69 Å². The van der Waals surface area contributed by atoms with Gasteiger partial charge in [-0.15, -0.1) is 0 Å². The Labute approximate surface area is 331 Å². The summed E-state index contributed by atoms with van der Waals surface area (Å²) in [6.07, 6.45) is 5.25. The van der Waals surface area contributed by atoms with E-state index in [1.807, 2.05) is 96.8 Å². The first kappa shape index (κ1) is 36.9. The van der Waals surface area contributed by atoms with Crippen LogP contribution in [0, 0.1) is 0 Å². The predicted molar refractivity (Wildman–Crippen MR) is 226 cm³/mol. The molecule has 4 N–H and O–H groups in total. The van der Waals surface area contributed by atoms with Crippen molar-refractivity contribution in [3.8, 4) is 22.4 Å². The zero-order chi connectivity index (χ0) is 38.8. The molecule has 3 aromatic heterocycles. The number of hydrogen-bond acceptors (Lipinski definition) is 9. The molecule has 0 spiro atoms. The number of aromatic amines is 1. The third-order valence-electron chi connectivity index (χ3n) is 10.3. The van der Waals surface area contributed by atoms with Crippen LogP contribution in [0.4, 0.5) is 17.2 Å². The number of benzene rings is 4. The Balaban J connectivity index is 1.05. The number of carbonyl (C=O) groups excluding carboxylic acids is 1. The number of H-pyrrole nitrogens is 1. The number of fused-ring (bicyclic) bond motifs is 1. The average molecular weight is 760 g/mol. The van der Waals surface area contributed by atoms with Gasteiger partial charge in [0.05, 0.1) is 29.0 Å². The van der Waals surface area contributed by atoms with E-state index in [-0.39, 0.29) is 18.0 Å². The topological polar surface area (TPSA) is 129 Å². The van der Waals surface area contributed by atoms with Crippen molar-refractivity contribution < 1.29 is 4.79 Å². The molecular weight excluding hydrogens is 715 g/mol. The Morgan fingerprint density at radius 1 is 0.893 bits per heavy atom. The van der Waals surface area contributed by atoms with Crippen molar-refractivity contribution in [1.82, 2.24) is 34.7 Å². The number of imidazole rings is 1. The van der Waals surface area contributed by atoms with Crippen LogP contribution in [0.1, 0.15) is 61.8 Å². The number of nitrogens with one attached hydrogen (secondary N) is 2. The first-order valence-corrected chi connectivity index (χ1v) is 19.8. The maximum absolute atomic E-state index is 14.0. The number of rotatable bonds is 11. The average Bonchev–Trinajstić information content (AvgIpc) is 3.91. The minimum Gasteiger partial charge on any atom is -0.399 e. The van der Waals surface area contributed by atoms with Gasteiger partial charge in [0, 0.05) is 27.7 Å². The summed E-state index contributed by atoms with van der Waals surface area (Å²) in [5.74, 6) is 1.90. The van der Waals surface area contributed by atoms with E-state index in [2.05, 4.69) is 76.6 Å². The van der Waals surface area contributed by atoms with Crippen LogP contribution < -0.4 is 11.1 Å². The Morgan fingerprint density at radius 2 is 1.64 bits per heavy atom. The molecule has 1 fully saturated rings. The van der Waals surface area contributed by atoms with Crippen molar-refractivity contribution >= 4 is 45.9 Å². The summed E-state index contributed by atoms with van der Waals surface area (Å²) in [6, 6.07) is 36.5. The smallest absolute Gasteiger partial charge is 0.245 e. The molecule has 1 aliphatic heterocycles. The third kappa shape index (κ3) is 7.73. The van der Waals surface area contributed by atoms with Crippen molar-refractivity contribution in [1.29, 1.82) is 0 Å². The number of anilines is 3. The fourth-order valence-electron chi connectivity index (χ4n) is 7.33. The van der Waals surface area contributed by atoms with E-state index in [0.29, 0.717) is 23.9 Å². The zero-order valence-corrected chi connectivity index (χ0v) is 32.8. The summed E-state index contributed by atoms with van der Waals surface area (Å²) in [5, 5.41) is 4.48. The summed E-state index contributed by atoms with van der Waals surface area (Å²) in [5.41, 5.74) is 14.3. The molecule has 1 unspecified atom stereocenters. The third-order valence-corrected chi connectivity index (χ3v) is 11.4. The maximum Gasteiger partial charge on any atom is 0.245 e. The number of nitrogen functional groups attached to an aromatic ring is 1. The van der Waals surface area contributed by atoms with Gasteiger partial charge in [0.25, 0.3) is 0 Å². The summed E-state index contributed by atoms with van der Waals surface area (Å²) >= 11 is 1.66. The van der Waals surface area contributed by atoms with Crippen LogP contribution >= 0.6 is 11.8 Å². The maximum atomic E-state index is 14.0. The van der Waals surface area contributed by atoms with E-state index < -0.39 is 0 Å². The Kier molecular flexibility index (Phi) is 10.5. The molecular formula is C45H45N9OS. The monoisotopic (exact) mass is 759 g/mol. The van der Waals surface area contributed by atoms with Crippen molar-refractivity contribution in [2.45, 2.75) is 54.5 Å². The lowest BCUT2D eigenvalue weighted by molar-refractivity contribution is -0.137. The number of nitrogens with zero attached hydrogens (tertiary/aromatic N) is 6. The second-order valence-electron chi connectivity index (χ2n) is 14.7. The van der Waals surface area contributed by atoms with E-state index in [1.165, 1.54) is 0 Å². The minimum atomic E-state index is -0.352. The normalized spacial score (nSPS) is 14.8. The number of amides is 1. The van der Waals surface area contributed by atoms with Gasteiger partial charge in [0.15, 0.2) is 5.65 Å². The van der Waals surface area contributed by atoms with E-state index in [9.17, 15) is 4.79 Å². The lowest BCUT2D eigenvalue weighted by Crippen LogP contribution is -2.40. The second-order valence-corrected chi connectivity index (χ2v) is 15.8. The second kappa shape index (κ2) is 16.0. The van der Waals surface area contributed by atoms with Gasteiger partial charge in [-0.05, 0) is 104 Å². The first-order chi connectivity index (χ1) is 27.2. The molecule has 1 saturated heterocycles. The van der Waals surface area contributed by atoms with E-state index in [0.717, 1.165) is 78.9 Å². The fourth-order valence-corrected chi connectivity index (χ4v) is 8.21. The predicted octanol–water partition coefficient (Wildman–Crippen LogP) is 9.65. The zero-order valence-electron chi connectivity index (χ0n) is 32.0. The number of likely N-dealkylation sites (N-methyl/N-ethyl adjacent to an activating group) is 1. The number of likely N-dealkylation sites (tertiary alicyclic amines) is 1. The molecule has 56 heavy (non-hydrogen) atoms. The van der Waals surface area contributed by atoms with Crippen LogP contribution in [0.5, 0.6) is 0 Å². The van der Waals surface area contributed by atoms with Crippen LogP contribution in [-0.2, 0) is 4.79 Å². The van der Waals surface area contributed by atoms with Crippen LogP contribution in [0.15, 0.2) is 132 Å². The number of nitrogens with two attached hydrogens (primary N) is 1. The van der Waals surface area contributed by atoms with E-state index in [4.69, 9.17) is 15.7 Å². The van der Waals surface area contributed by atoms with Gasteiger partial charge in [0.1, 0.15) is 24.0 Å². The summed E-state index contributed by atoms with van der Waals surface area (Å²) in [7, 11) is 3.92. The quantitative estimate of drug-likeness (QED) is 0.110. The summed E-state index contributed by atoms with van der Waals surface area (Å²) < 4.78 is 0. The van der Waals surface area contributed by atoms with Crippen molar-refractivity contribution in [3.63, 3.8) is 0 Å². The first-order valence-electron chi connectivity index (χ1n) is 19.0. The molecule has 4 heterocycles. The minimum absolute atomic E-state index is 0.0996. The lowest BCUT2D eigenvalue weighted by Gasteiger charge is -2.31. The number of carbonyl (C=O) groups is 1. The van der Waals surface area contributed by atoms with Gasteiger partial charge in [-0.1, -0.05) is 86.3 Å².